The maximum atomic E-state index is 14.3. The van der Waals surface area contributed by atoms with E-state index in [9.17, 15) is 4.39 Å². The molecule has 3 rings (SSSR count). The Balaban J connectivity index is 2.20. The molecule has 1 N–H and O–H groups in total. The molecular weight excluding hydrogens is 353 g/mol. The predicted octanol–water partition coefficient (Wildman–Crippen LogP) is 4.94. The number of hydrogen-bond acceptors (Lipinski definition) is 5. The maximum Gasteiger partial charge on any atom is 0.184 e. The van der Waals surface area contributed by atoms with Gasteiger partial charge in [-0.05, 0) is 37.3 Å². The number of anilines is 1. The van der Waals surface area contributed by atoms with Crippen molar-refractivity contribution in [2.45, 2.75) is 6.92 Å². The molecule has 0 radical (unpaired) electrons. The molecule has 0 saturated carbocycles. The van der Waals surface area contributed by atoms with Gasteiger partial charge in [0.1, 0.15) is 5.82 Å². The lowest BCUT2D eigenvalue weighted by molar-refractivity contribution is 0.630. The number of fused-ring (bicyclic) bond motifs is 1. The van der Waals surface area contributed by atoms with Gasteiger partial charge in [-0.2, -0.15) is 0 Å². The van der Waals surface area contributed by atoms with Crippen LogP contribution < -0.4 is 5.32 Å². The van der Waals surface area contributed by atoms with E-state index in [2.05, 4.69) is 31.8 Å². The SMILES string of the molecule is C=C/C=C(\C=C/C)Nc1nc(-c2cc(Cl)ccc2F)nc2nccnc12. The van der Waals surface area contributed by atoms with Gasteiger partial charge in [-0.15, -0.1) is 0 Å². The number of allylic oxidation sites excluding steroid dienone is 4. The third kappa shape index (κ3) is 3.75. The molecule has 0 bridgehead atoms. The number of rotatable bonds is 5. The molecule has 2 heterocycles. The molecule has 130 valence electrons. The summed E-state index contributed by atoms with van der Waals surface area (Å²) >= 11 is 6.00. The third-order valence-corrected chi connectivity index (χ3v) is 3.64. The van der Waals surface area contributed by atoms with E-state index < -0.39 is 5.82 Å². The van der Waals surface area contributed by atoms with E-state index in [4.69, 9.17) is 11.6 Å². The Hall–Kier alpha value is -3.12. The highest BCUT2D eigenvalue weighted by atomic mass is 35.5. The van der Waals surface area contributed by atoms with Crippen LogP contribution in [0.5, 0.6) is 0 Å². The number of aromatic nitrogens is 4. The van der Waals surface area contributed by atoms with E-state index in [-0.39, 0.29) is 11.4 Å². The molecule has 0 aliphatic carbocycles. The highest BCUT2D eigenvalue weighted by Gasteiger charge is 2.15. The average Bonchev–Trinajstić information content (AvgIpc) is 2.64. The van der Waals surface area contributed by atoms with Crippen LogP contribution in [0.1, 0.15) is 6.92 Å². The van der Waals surface area contributed by atoms with Gasteiger partial charge in [0.25, 0.3) is 0 Å². The van der Waals surface area contributed by atoms with E-state index in [1.165, 1.54) is 24.4 Å². The normalized spacial score (nSPS) is 11.9. The van der Waals surface area contributed by atoms with Crippen molar-refractivity contribution in [3.05, 3.63) is 78.0 Å². The minimum absolute atomic E-state index is 0.166. The fourth-order valence-electron chi connectivity index (χ4n) is 2.32. The summed E-state index contributed by atoms with van der Waals surface area (Å²) in [4.78, 5) is 17.3. The van der Waals surface area contributed by atoms with Crippen molar-refractivity contribution >= 4 is 28.6 Å². The van der Waals surface area contributed by atoms with E-state index >= 15 is 0 Å². The molecule has 1 aromatic carbocycles. The molecule has 26 heavy (non-hydrogen) atoms. The van der Waals surface area contributed by atoms with Crippen molar-refractivity contribution in [1.82, 2.24) is 19.9 Å². The summed E-state index contributed by atoms with van der Waals surface area (Å²) in [7, 11) is 0. The van der Waals surface area contributed by atoms with E-state index in [0.29, 0.717) is 22.0 Å². The van der Waals surface area contributed by atoms with Gasteiger partial charge in [0.15, 0.2) is 22.8 Å². The molecule has 0 aliphatic rings. The van der Waals surface area contributed by atoms with Crippen LogP contribution >= 0.6 is 11.6 Å². The summed E-state index contributed by atoms with van der Waals surface area (Å²) in [5, 5.41) is 3.55. The first-order valence-electron chi connectivity index (χ1n) is 7.79. The van der Waals surface area contributed by atoms with Crippen LogP contribution in [-0.2, 0) is 0 Å². The summed E-state index contributed by atoms with van der Waals surface area (Å²) in [6, 6.07) is 4.22. The zero-order valence-electron chi connectivity index (χ0n) is 13.9. The van der Waals surface area contributed by atoms with Crippen LogP contribution in [0.4, 0.5) is 10.2 Å². The quantitative estimate of drug-likeness (QED) is 0.647. The Labute approximate surface area is 155 Å². The van der Waals surface area contributed by atoms with Crippen LogP contribution in [0.2, 0.25) is 5.02 Å². The van der Waals surface area contributed by atoms with Crippen LogP contribution in [0.25, 0.3) is 22.6 Å². The van der Waals surface area contributed by atoms with Gasteiger partial charge >= 0.3 is 0 Å². The largest absolute Gasteiger partial charge is 0.338 e. The molecule has 0 amide bonds. The molecule has 0 unspecified atom stereocenters. The third-order valence-electron chi connectivity index (χ3n) is 3.41. The number of nitrogens with one attached hydrogen (secondary N) is 1. The van der Waals surface area contributed by atoms with Crippen LogP contribution in [0.15, 0.2) is 67.2 Å². The lowest BCUT2D eigenvalue weighted by atomic mass is 10.2. The van der Waals surface area contributed by atoms with E-state index in [1.54, 1.807) is 18.3 Å². The Kier molecular flexibility index (Phi) is 5.34. The molecule has 2 aromatic heterocycles. The minimum Gasteiger partial charge on any atom is -0.338 e. The molecule has 5 nitrogen and oxygen atoms in total. The number of halogens is 2. The van der Waals surface area contributed by atoms with Gasteiger partial charge in [-0.3, -0.25) is 0 Å². The summed E-state index contributed by atoms with van der Waals surface area (Å²) < 4.78 is 14.3. The topological polar surface area (TPSA) is 63.6 Å². The first kappa shape index (κ1) is 17.7. The maximum absolute atomic E-state index is 14.3. The second kappa shape index (κ2) is 7.84. The predicted molar refractivity (Wildman–Crippen MR) is 102 cm³/mol. The Morgan fingerprint density at radius 3 is 2.81 bits per heavy atom. The van der Waals surface area contributed by atoms with Crippen molar-refractivity contribution in [3.8, 4) is 11.4 Å². The lowest BCUT2D eigenvalue weighted by Gasteiger charge is -2.11. The van der Waals surface area contributed by atoms with Crippen molar-refractivity contribution in [3.63, 3.8) is 0 Å². The first-order chi connectivity index (χ1) is 12.6. The summed E-state index contributed by atoms with van der Waals surface area (Å²) in [6.07, 6.45) is 10.2. The van der Waals surface area contributed by atoms with Gasteiger partial charge in [0, 0.05) is 23.1 Å². The van der Waals surface area contributed by atoms with Gasteiger partial charge < -0.3 is 5.32 Å². The van der Waals surface area contributed by atoms with Crippen molar-refractivity contribution in [2.75, 3.05) is 5.32 Å². The fraction of sp³-hybridized carbons (Fsp3) is 0.0526. The zero-order valence-corrected chi connectivity index (χ0v) is 14.7. The fourth-order valence-corrected chi connectivity index (χ4v) is 2.49. The van der Waals surface area contributed by atoms with Crippen molar-refractivity contribution in [1.29, 1.82) is 0 Å². The second-order valence-corrected chi connectivity index (χ2v) is 5.67. The summed E-state index contributed by atoms with van der Waals surface area (Å²) in [5.74, 6) is 0.0986. The zero-order chi connectivity index (χ0) is 18.5. The highest BCUT2D eigenvalue weighted by Crippen LogP contribution is 2.27. The van der Waals surface area contributed by atoms with Crippen LogP contribution in [0, 0.1) is 5.82 Å². The Bertz CT molecular complexity index is 1030. The molecule has 0 atom stereocenters. The van der Waals surface area contributed by atoms with Crippen LogP contribution in [-0.4, -0.2) is 19.9 Å². The second-order valence-electron chi connectivity index (χ2n) is 5.23. The minimum atomic E-state index is -0.473. The number of nitrogens with zero attached hydrogens (tertiary/aromatic N) is 4. The first-order valence-corrected chi connectivity index (χ1v) is 8.16. The van der Waals surface area contributed by atoms with E-state index in [1.807, 2.05) is 19.1 Å². The van der Waals surface area contributed by atoms with Crippen LogP contribution in [0.3, 0.4) is 0 Å². The molecule has 0 fully saturated rings. The van der Waals surface area contributed by atoms with E-state index in [0.717, 1.165) is 5.70 Å². The summed E-state index contributed by atoms with van der Waals surface area (Å²) in [5.41, 5.74) is 1.75. The number of benzene rings is 1. The van der Waals surface area contributed by atoms with Crippen molar-refractivity contribution < 1.29 is 4.39 Å². The molecular formula is C19H15ClFN5. The standard InChI is InChI=1S/C19H15ClFN5/c1-3-5-13(6-4-2)24-19-16-18(23-10-9-22-16)25-17(26-19)14-11-12(20)7-8-15(14)21/h3-11H,1H2,2H3,(H,23,24,25,26)/b6-4-,13-5+. The lowest BCUT2D eigenvalue weighted by Crippen LogP contribution is -2.05. The molecule has 3 aromatic rings. The highest BCUT2D eigenvalue weighted by molar-refractivity contribution is 6.30. The molecule has 7 heteroatoms. The van der Waals surface area contributed by atoms with Gasteiger partial charge in [-0.1, -0.05) is 30.3 Å². The Morgan fingerprint density at radius 2 is 2.04 bits per heavy atom. The van der Waals surface area contributed by atoms with Gasteiger partial charge in [0.05, 0.1) is 5.56 Å². The monoisotopic (exact) mass is 367 g/mol. The average molecular weight is 368 g/mol. The Morgan fingerprint density at radius 1 is 1.23 bits per heavy atom. The molecule has 0 saturated heterocycles. The van der Waals surface area contributed by atoms with Gasteiger partial charge in [-0.25, -0.2) is 24.3 Å². The molecule has 0 aliphatic heterocycles. The number of hydrogen-bond donors (Lipinski definition) is 1. The smallest absolute Gasteiger partial charge is 0.184 e. The summed E-state index contributed by atoms with van der Waals surface area (Å²) in [6.45, 7) is 5.59. The van der Waals surface area contributed by atoms with Crippen molar-refractivity contribution in [2.24, 2.45) is 0 Å². The molecule has 0 spiro atoms. The van der Waals surface area contributed by atoms with Gasteiger partial charge in [0.2, 0.25) is 0 Å².